The smallest absolute Gasteiger partial charge is 0.270 e. The summed E-state index contributed by atoms with van der Waals surface area (Å²) in [5.41, 5.74) is 6.17. The van der Waals surface area contributed by atoms with Gasteiger partial charge in [0.2, 0.25) is 0 Å². The van der Waals surface area contributed by atoms with Gasteiger partial charge in [-0.2, -0.15) is 5.10 Å². The quantitative estimate of drug-likeness (QED) is 0.628. The molecule has 0 aliphatic rings. The highest BCUT2D eigenvalue weighted by molar-refractivity contribution is 5.43. The summed E-state index contributed by atoms with van der Waals surface area (Å²) in [7, 11) is 0. The summed E-state index contributed by atoms with van der Waals surface area (Å²) >= 11 is 0. The number of nitro groups is 1. The van der Waals surface area contributed by atoms with Crippen LogP contribution in [0.25, 0.3) is 0 Å². The highest BCUT2D eigenvalue weighted by atomic mass is 16.6. The number of non-ortho nitro benzene ring substituents is 1. The van der Waals surface area contributed by atoms with Gasteiger partial charge < -0.3 is 10.5 Å². The molecule has 2 rings (SSSR count). The zero-order chi connectivity index (χ0) is 14.5. The van der Waals surface area contributed by atoms with E-state index in [9.17, 15) is 10.1 Å². The first-order chi connectivity index (χ1) is 9.65. The first-order valence-electron chi connectivity index (χ1n) is 6.12. The number of hydrogen-bond acceptors (Lipinski definition) is 6. The van der Waals surface area contributed by atoms with E-state index in [1.165, 1.54) is 18.5 Å². The van der Waals surface area contributed by atoms with E-state index in [0.29, 0.717) is 23.7 Å². The first kappa shape index (κ1) is 13.9. The molecule has 8 nitrogen and oxygen atoms in total. The molecule has 0 unspecified atom stereocenters. The van der Waals surface area contributed by atoms with Gasteiger partial charge in [0.05, 0.1) is 4.92 Å². The largest absolute Gasteiger partial charge is 0.485 e. The molecule has 0 radical (unpaired) electrons. The second-order valence-corrected chi connectivity index (χ2v) is 4.03. The maximum atomic E-state index is 10.7. The summed E-state index contributed by atoms with van der Waals surface area (Å²) in [5.74, 6) is 1.21. The van der Waals surface area contributed by atoms with Crippen LogP contribution in [0.3, 0.4) is 0 Å². The standard InChI is InChI=1S/C12H15N5O3/c1-2-16-12(14-8-15-16)7-20-11-4-3-10(17(18)19)5-9(11)6-13/h3-5,8H,2,6-7,13H2,1H3. The maximum absolute atomic E-state index is 10.7. The number of nitrogens with zero attached hydrogens (tertiary/aromatic N) is 4. The average Bonchev–Trinajstić information content (AvgIpc) is 2.92. The molecule has 20 heavy (non-hydrogen) atoms. The SMILES string of the molecule is CCn1ncnc1COc1ccc([N+](=O)[O-])cc1CN. The molecule has 0 atom stereocenters. The predicted octanol–water partition coefficient (Wildman–Crippen LogP) is 1.24. The molecule has 0 bridgehead atoms. The van der Waals surface area contributed by atoms with Crippen molar-refractivity contribution in [1.82, 2.24) is 14.8 Å². The minimum Gasteiger partial charge on any atom is -0.485 e. The lowest BCUT2D eigenvalue weighted by Gasteiger charge is -2.10. The molecule has 0 aliphatic heterocycles. The molecule has 0 spiro atoms. The maximum Gasteiger partial charge on any atom is 0.270 e. The number of nitrogens with two attached hydrogens (primary N) is 1. The normalized spacial score (nSPS) is 10.5. The summed E-state index contributed by atoms with van der Waals surface area (Å²) in [6.07, 6.45) is 1.46. The molecule has 0 aliphatic carbocycles. The Balaban J connectivity index is 2.15. The van der Waals surface area contributed by atoms with Crippen molar-refractivity contribution in [3.8, 4) is 5.75 Å². The Morgan fingerprint density at radius 2 is 2.30 bits per heavy atom. The van der Waals surface area contributed by atoms with Gasteiger partial charge in [0.15, 0.2) is 5.82 Å². The topological polar surface area (TPSA) is 109 Å². The number of rotatable bonds is 6. The Bertz CT molecular complexity index is 611. The lowest BCUT2D eigenvalue weighted by molar-refractivity contribution is -0.384. The van der Waals surface area contributed by atoms with Gasteiger partial charge in [-0.05, 0) is 13.0 Å². The van der Waals surface area contributed by atoms with Gasteiger partial charge in [-0.1, -0.05) is 0 Å². The van der Waals surface area contributed by atoms with Crippen molar-refractivity contribution in [3.63, 3.8) is 0 Å². The fourth-order valence-corrected chi connectivity index (χ4v) is 1.79. The van der Waals surface area contributed by atoms with Crippen molar-refractivity contribution in [2.24, 2.45) is 5.73 Å². The number of benzene rings is 1. The molecule has 0 amide bonds. The Hall–Kier alpha value is -2.48. The molecule has 2 N–H and O–H groups in total. The molecule has 0 fully saturated rings. The van der Waals surface area contributed by atoms with Gasteiger partial charge >= 0.3 is 0 Å². The third-order valence-corrected chi connectivity index (χ3v) is 2.83. The fraction of sp³-hybridized carbons (Fsp3) is 0.333. The number of ether oxygens (including phenoxy) is 1. The number of aromatic nitrogens is 3. The van der Waals surface area contributed by atoms with Crippen molar-refractivity contribution in [3.05, 3.63) is 46.0 Å². The molecule has 1 heterocycles. The van der Waals surface area contributed by atoms with Crippen LogP contribution in [0.1, 0.15) is 18.3 Å². The van der Waals surface area contributed by atoms with Crippen molar-refractivity contribution in [2.75, 3.05) is 0 Å². The Labute approximate surface area is 115 Å². The van der Waals surface area contributed by atoms with Crippen LogP contribution in [0, 0.1) is 10.1 Å². The monoisotopic (exact) mass is 277 g/mol. The molecule has 0 saturated heterocycles. The van der Waals surface area contributed by atoms with E-state index in [1.54, 1.807) is 10.7 Å². The Morgan fingerprint density at radius 3 is 2.95 bits per heavy atom. The van der Waals surface area contributed by atoms with Crippen LogP contribution in [0.4, 0.5) is 5.69 Å². The number of aryl methyl sites for hydroxylation is 1. The van der Waals surface area contributed by atoms with Crippen molar-refractivity contribution < 1.29 is 9.66 Å². The van der Waals surface area contributed by atoms with Gasteiger partial charge in [-0.25, -0.2) is 9.67 Å². The molecule has 106 valence electrons. The molecule has 2 aromatic rings. The highest BCUT2D eigenvalue weighted by Gasteiger charge is 2.12. The Morgan fingerprint density at radius 1 is 1.50 bits per heavy atom. The van der Waals surface area contributed by atoms with E-state index >= 15 is 0 Å². The Kier molecular flexibility index (Phi) is 4.26. The van der Waals surface area contributed by atoms with Crippen LogP contribution in [0.2, 0.25) is 0 Å². The lowest BCUT2D eigenvalue weighted by Crippen LogP contribution is -2.09. The molecular weight excluding hydrogens is 262 g/mol. The molecule has 1 aromatic carbocycles. The third kappa shape index (κ3) is 2.91. The summed E-state index contributed by atoms with van der Waals surface area (Å²) < 4.78 is 7.34. The van der Waals surface area contributed by atoms with Crippen LogP contribution in [-0.2, 0) is 19.7 Å². The number of hydrogen-bond donors (Lipinski definition) is 1. The second kappa shape index (κ2) is 6.11. The zero-order valence-electron chi connectivity index (χ0n) is 11.0. The van der Waals surface area contributed by atoms with Crippen LogP contribution in [0.5, 0.6) is 5.75 Å². The van der Waals surface area contributed by atoms with Crippen LogP contribution in [-0.4, -0.2) is 19.7 Å². The average molecular weight is 277 g/mol. The first-order valence-corrected chi connectivity index (χ1v) is 6.12. The van der Waals surface area contributed by atoms with Gasteiger partial charge in [0.1, 0.15) is 18.7 Å². The second-order valence-electron chi connectivity index (χ2n) is 4.03. The van der Waals surface area contributed by atoms with Crippen LogP contribution in [0.15, 0.2) is 24.5 Å². The van der Waals surface area contributed by atoms with E-state index in [0.717, 1.165) is 0 Å². The van der Waals surface area contributed by atoms with E-state index in [2.05, 4.69) is 10.1 Å². The summed E-state index contributed by atoms with van der Waals surface area (Å²) in [6.45, 7) is 3.05. The van der Waals surface area contributed by atoms with Gasteiger partial charge in [-0.15, -0.1) is 0 Å². The fourth-order valence-electron chi connectivity index (χ4n) is 1.79. The number of nitro benzene ring substituents is 1. The zero-order valence-corrected chi connectivity index (χ0v) is 11.0. The lowest BCUT2D eigenvalue weighted by atomic mass is 10.2. The van der Waals surface area contributed by atoms with Gasteiger partial charge in [0.25, 0.3) is 5.69 Å². The minimum atomic E-state index is -0.462. The highest BCUT2D eigenvalue weighted by Crippen LogP contribution is 2.24. The van der Waals surface area contributed by atoms with Crippen molar-refractivity contribution >= 4 is 5.69 Å². The van der Waals surface area contributed by atoms with Crippen molar-refractivity contribution in [1.29, 1.82) is 0 Å². The minimum absolute atomic E-state index is 0.00507. The van der Waals surface area contributed by atoms with Gasteiger partial charge in [-0.3, -0.25) is 10.1 Å². The van der Waals surface area contributed by atoms with E-state index in [-0.39, 0.29) is 18.8 Å². The molecule has 8 heteroatoms. The molecule has 0 saturated carbocycles. The van der Waals surface area contributed by atoms with Crippen LogP contribution >= 0.6 is 0 Å². The summed E-state index contributed by atoms with van der Waals surface area (Å²) in [5, 5.41) is 14.7. The summed E-state index contributed by atoms with van der Waals surface area (Å²) in [6, 6.07) is 4.35. The molecular formula is C12H15N5O3. The van der Waals surface area contributed by atoms with Gasteiger partial charge in [0, 0.05) is 30.8 Å². The van der Waals surface area contributed by atoms with Crippen molar-refractivity contribution in [2.45, 2.75) is 26.6 Å². The summed E-state index contributed by atoms with van der Waals surface area (Å²) in [4.78, 5) is 14.3. The van der Waals surface area contributed by atoms with Crippen LogP contribution < -0.4 is 10.5 Å². The predicted molar refractivity (Wildman–Crippen MR) is 71.0 cm³/mol. The molecule has 1 aromatic heterocycles. The van der Waals surface area contributed by atoms with E-state index < -0.39 is 4.92 Å². The third-order valence-electron chi connectivity index (χ3n) is 2.83. The van der Waals surface area contributed by atoms with E-state index in [4.69, 9.17) is 10.5 Å². The van der Waals surface area contributed by atoms with E-state index in [1.807, 2.05) is 6.92 Å².